The zero-order chi connectivity index (χ0) is 24.7. The number of hydrogen-bond donors (Lipinski definition) is 3. The number of carbonyl (C=O) groups is 3. The van der Waals surface area contributed by atoms with E-state index in [-0.39, 0.29) is 5.75 Å². The number of ether oxygens (including phenoxy) is 2. The van der Waals surface area contributed by atoms with Gasteiger partial charge in [0.05, 0.1) is 5.51 Å². The second-order valence-corrected chi connectivity index (χ2v) is 9.33. The van der Waals surface area contributed by atoms with Crippen molar-refractivity contribution in [2.45, 2.75) is 38.8 Å². The Morgan fingerprint density at radius 2 is 1.85 bits per heavy atom. The van der Waals surface area contributed by atoms with Crippen LogP contribution in [0.2, 0.25) is 0 Å². The van der Waals surface area contributed by atoms with Crippen LogP contribution >= 0.6 is 11.3 Å². The maximum atomic E-state index is 13.4. The molecule has 9 nitrogen and oxygen atoms in total. The van der Waals surface area contributed by atoms with Gasteiger partial charge in [-0.2, -0.15) is 0 Å². The Hall–Kier alpha value is -3.92. The summed E-state index contributed by atoms with van der Waals surface area (Å²) in [6.07, 6.45) is 0.529. The van der Waals surface area contributed by atoms with Crippen molar-refractivity contribution >= 4 is 35.1 Å². The molecule has 0 aliphatic heterocycles. The van der Waals surface area contributed by atoms with Gasteiger partial charge in [0, 0.05) is 29.2 Å². The molecule has 1 aromatic heterocycles. The van der Waals surface area contributed by atoms with Gasteiger partial charge in [-0.15, -0.1) is 11.3 Å². The van der Waals surface area contributed by atoms with E-state index in [1.807, 2.05) is 6.07 Å². The number of nitrogens with one attached hydrogen (secondary N) is 2. The molecule has 0 bridgehead atoms. The number of nitrogens with zero attached hydrogens (tertiary/aromatic N) is 1. The molecular weight excluding hydrogens is 456 g/mol. The molecule has 1 unspecified atom stereocenters. The molecular formula is C24H26N4O5S. The molecule has 0 aliphatic rings. The zero-order valence-electron chi connectivity index (χ0n) is 19.0. The Morgan fingerprint density at radius 1 is 1.12 bits per heavy atom. The molecule has 0 radical (unpaired) electrons. The van der Waals surface area contributed by atoms with Crippen LogP contribution in [0.3, 0.4) is 0 Å². The highest BCUT2D eigenvalue weighted by Crippen LogP contribution is 2.27. The Kier molecular flexibility index (Phi) is 7.85. The number of nitrogens with two attached hydrogens (primary N) is 1. The van der Waals surface area contributed by atoms with Crippen molar-refractivity contribution < 1.29 is 23.9 Å². The lowest BCUT2D eigenvalue weighted by Crippen LogP contribution is -2.40. The Labute approximate surface area is 201 Å². The number of primary amides is 1. The van der Waals surface area contributed by atoms with Gasteiger partial charge < -0.3 is 25.8 Å². The number of alkyl carbamates (subject to hydrolysis) is 1. The van der Waals surface area contributed by atoms with Crippen LogP contribution < -0.4 is 21.1 Å². The highest BCUT2D eigenvalue weighted by molar-refractivity contribution is 7.09. The number of aromatic nitrogens is 1. The van der Waals surface area contributed by atoms with Crippen molar-refractivity contribution in [1.82, 2.24) is 10.3 Å². The quantitative estimate of drug-likeness (QED) is 0.457. The molecule has 3 amide bonds. The molecule has 178 valence electrons. The molecule has 0 spiro atoms. The summed E-state index contributed by atoms with van der Waals surface area (Å²) >= 11 is 1.47. The highest BCUT2D eigenvalue weighted by Gasteiger charge is 2.26. The van der Waals surface area contributed by atoms with Crippen LogP contribution in [0, 0.1) is 0 Å². The second-order valence-electron chi connectivity index (χ2n) is 8.36. The normalized spacial score (nSPS) is 11.9. The summed E-state index contributed by atoms with van der Waals surface area (Å²) < 4.78 is 10.3. The van der Waals surface area contributed by atoms with E-state index in [4.69, 9.17) is 15.2 Å². The number of rotatable bonds is 7. The number of thiazole rings is 1. The average molecular weight is 483 g/mol. The van der Waals surface area contributed by atoms with Crippen molar-refractivity contribution in [2.24, 2.45) is 5.73 Å². The molecule has 0 saturated carbocycles. The lowest BCUT2D eigenvalue weighted by molar-refractivity contribution is -0.118. The third-order valence-electron chi connectivity index (χ3n) is 4.46. The first-order chi connectivity index (χ1) is 16.1. The maximum absolute atomic E-state index is 13.4. The fourth-order valence-electron chi connectivity index (χ4n) is 3.10. The van der Waals surface area contributed by atoms with Gasteiger partial charge in [-0.25, -0.2) is 9.59 Å². The van der Waals surface area contributed by atoms with E-state index in [0.717, 1.165) is 10.4 Å². The average Bonchev–Trinajstić information content (AvgIpc) is 3.26. The molecule has 0 aliphatic carbocycles. The van der Waals surface area contributed by atoms with E-state index in [9.17, 15) is 14.4 Å². The number of benzene rings is 2. The third kappa shape index (κ3) is 7.31. The van der Waals surface area contributed by atoms with Gasteiger partial charge >= 0.3 is 12.2 Å². The molecule has 3 rings (SSSR count). The minimum atomic E-state index is -1.03. The number of anilines is 1. The predicted molar refractivity (Wildman–Crippen MR) is 129 cm³/mol. The van der Waals surface area contributed by atoms with E-state index in [2.05, 4.69) is 15.6 Å². The van der Waals surface area contributed by atoms with Crippen LogP contribution in [-0.2, 0) is 16.0 Å². The SMILES string of the molecule is CC(C)(C)OC(=O)NC(C(=O)Nc1cc(OC(N)=O)ccc1Cc1cncs1)c1ccccc1. The third-order valence-corrected chi connectivity index (χ3v) is 5.24. The fourth-order valence-corrected chi connectivity index (χ4v) is 3.72. The summed E-state index contributed by atoms with van der Waals surface area (Å²) in [6, 6.07) is 12.6. The Balaban J connectivity index is 1.90. The van der Waals surface area contributed by atoms with Crippen LogP contribution in [0.4, 0.5) is 15.3 Å². The largest absolute Gasteiger partial charge is 0.444 e. The Morgan fingerprint density at radius 3 is 2.47 bits per heavy atom. The van der Waals surface area contributed by atoms with E-state index in [1.54, 1.807) is 68.9 Å². The van der Waals surface area contributed by atoms with Gasteiger partial charge in [-0.1, -0.05) is 36.4 Å². The van der Waals surface area contributed by atoms with Crippen LogP contribution in [0.15, 0.2) is 60.2 Å². The maximum Gasteiger partial charge on any atom is 0.409 e. The zero-order valence-corrected chi connectivity index (χ0v) is 19.8. The molecule has 1 atom stereocenters. The van der Waals surface area contributed by atoms with Crippen LogP contribution in [0.25, 0.3) is 0 Å². The summed E-state index contributed by atoms with van der Waals surface area (Å²) in [4.78, 5) is 42.1. The van der Waals surface area contributed by atoms with E-state index in [0.29, 0.717) is 17.7 Å². The molecule has 3 aromatic rings. The fraction of sp³-hybridized carbons (Fsp3) is 0.250. The smallest absolute Gasteiger partial charge is 0.409 e. The molecule has 10 heteroatoms. The minimum Gasteiger partial charge on any atom is -0.444 e. The summed E-state index contributed by atoms with van der Waals surface area (Å²) in [7, 11) is 0. The first-order valence-electron chi connectivity index (χ1n) is 10.4. The first-order valence-corrected chi connectivity index (χ1v) is 11.3. The van der Waals surface area contributed by atoms with E-state index >= 15 is 0 Å². The van der Waals surface area contributed by atoms with Crippen LogP contribution in [-0.4, -0.2) is 28.7 Å². The van der Waals surface area contributed by atoms with Gasteiger partial charge in [-0.3, -0.25) is 9.78 Å². The molecule has 0 saturated heterocycles. The molecule has 34 heavy (non-hydrogen) atoms. The second kappa shape index (κ2) is 10.8. The van der Waals surface area contributed by atoms with Crippen molar-refractivity contribution in [1.29, 1.82) is 0 Å². The molecule has 2 aromatic carbocycles. The lowest BCUT2D eigenvalue weighted by Gasteiger charge is -2.24. The number of hydrogen-bond acceptors (Lipinski definition) is 7. The van der Waals surface area contributed by atoms with Gasteiger partial charge in [0.1, 0.15) is 17.4 Å². The number of carbonyl (C=O) groups excluding carboxylic acids is 3. The summed E-state index contributed by atoms with van der Waals surface area (Å²) in [5.74, 6) is -0.328. The minimum absolute atomic E-state index is 0.173. The standard InChI is InChI=1S/C24H26N4O5S/c1-24(2,3)33-23(31)28-20(15-7-5-4-6-8-15)21(29)27-19-12-17(32-22(25)30)10-9-16(19)11-18-13-26-14-34-18/h4-10,12-14,20H,11H2,1-3H3,(H2,25,30)(H,27,29)(H,28,31). The van der Waals surface area contributed by atoms with Crippen molar-refractivity contribution in [3.05, 3.63) is 76.2 Å². The summed E-state index contributed by atoms with van der Waals surface area (Å²) in [5, 5.41) is 5.48. The number of amides is 3. The summed E-state index contributed by atoms with van der Waals surface area (Å²) in [6.45, 7) is 5.21. The van der Waals surface area contributed by atoms with Gasteiger partial charge in [0.15, 0.2) is 0 Å². The monoisotopic (exact) mass is 482 g/mol. The van der Waals surface area contributed by atoms with Gasteiger partial charge in [0.25, 0.3) is 5.91 Å². The highest BCUT2D eigenvalue weighted by atomic mass is 32.1. The van der Waals surface area contributed by atoms with E-state index < -0.39 is 29.7 Å². The molecule has 4 N–H and O–H groups in total. The van der Waals surface area contributed by atoms with Crippen molar-refractivity contribution in [2.75, 3.05) is 5.32 Å². The lowest BCUT2D eigenvalue weighted by atomic mass is 10.0. The van der Waals surface area contributed by atoms with Crippen molar-refractivity contribution in [3.8, 4) is 5.75 Å². The molecule has 1 heterocycles. The van der Waals surface area contributed by atoms with Crippen molar-refractivity contribution in [3.63, 3.8) is 0 Å². The summed E-state index contributed by atoms with van der Waals surface area (Å²) in [5.41, 5.74) is 7.86. The topological polar surface area (TPSA) is 133 Å². The van der Waals surface area contributed by atoms with Gasteiger partial charge in [0.2, 0.25) is 0 Å². The first kappa shape index (κ1) is 24.7. The van der Waals surface area contributed by atoms with Gasteiger partial charge in [-0.05, 0) is 38.0 Å². The van der Waals surface area contributed by atoms with Crippen LogP contribution in [0.1, 0.15) is 42.8 Å². The van der Waals surface area contributed by atoms with E-state index in [1.165, 1.54) is 17.4 Å². The van der Waals surface area contributed by atoms with Crippen LogP contribution in [0.5, 0.6) is 5.75 Å². The Bertz CT molecular complexity index is 1140. The predicted octanol–water partition coefficient (Wildman–Crippen LogP) is 4.40. The molecule has 0 fully saturated rings.